The molecule has 0 unspecified atom stereocenters. The molecule has 0 aliphatic heterocycles. The van der Waals surface area contributed by atoms with Crippen molar-refractivity contribution >= 4 is 0 Å². The molecule has 2 aromatic rings. The summed E-state index contributed by atoms with van der Waals surface area (Å²) in [6.45, 7) is 5.97. The number of hydrogen-bond donors (Lipinski definition) is 1. The minimum atomic E-state index is -0.593. The van der Waals surface area contributed by atoms with Crippen LogP contribution in [0.4, 0.5) is 0 Å². The van der Waals surface area contributed by atoms with E-state index in [0.717, 1.165) is 43.5 Å². The van der Waals surface area contributed by atoms with Crippen molar-refractivity contribution in [3.63, 3.8) is 0 Å². The van der Waals surface area contributed by atoms with Crippen LogP contribution in [-0.2, 0) is 11.8 Å². The number of methoxy groups -OCH3 is 3. The van der Waals surface area contributed by atoms with E-state index >= 15 is 0 Å². The number of ether oxygens (including phenoxy) is 3. The lowest BCUT2D eigenvalue weighted by molar-refractivity contribution is 0.292. The average molecular weight is 441 g/mol. The predicted molar refractivity (Wildman–Crippen MR) is 127 cm³/mol. The second kappa shape index (κ2) is 11.6. The molecule has 174 valence electrons. The van der Waals surface area contributed by atoms with Crippen molar-refractivity contribution in [3.05, 3.63) is 47.5 Å². The Bertz CT molecular complexity index is 923. The van der Waals surface area contributed by atoms with Crippen molar-refractivity contribution in [2.45, 2.75) is 38.5 Å². The van der Waals surface area contributed by atoms with E-state index in [1.54, 1.807) is 27.4 Å². The largest absolute Gasteiger partial charge is 0.504 e. The monoisotopic (exact) mass is 440 g/mol. The zero-order valence-electron chi connectivity index (χ0n) is 20.1. The van der Waals surface area contributed by atoms with E-state index in [4.69, 9.17) is 14.2 Å². The average Bonchev–Trinajstić information content (AvgIpc) is 2.80. The van der Waals surface area contributed by atoms with Crippen LogP contribution < -0.4 is 14.2 Å². The fraction of sp³-hybridized carbons (Fsp3) is 0.500. The molecule has 1 atom stereocenters. The maximum Gasteiger partial charge on any atom is 0.161 e. The number of aromatic hydroxyl groups is 1. The van der Waals surface area contributed by atoms with Gasteiger partial charge < -0.3 is 24.2 Å². The van der Waals surface area contributed by atoms with Gasteiger partial charge in [0, 0.05) is 6.54 Å². The van der Waals surface area contributed by atoms with Crippen LogP contribution >= 0.6 is 0 Å². The van der Waals surface area contributed by atoms with Crippen LogP contribution in [0.15, 0.2) is 36.4 Å². The lowest BCUT2D eigenvalue weighted by Gasteiger charge is -2.32. The molecule has 0 radical (unpaired) electrons. The summed E-state index contributed by atoms with van der Waals surface area (Å²) in [5, 5.41) is 20.0. The van der Waals surface area contributed by atoms with Gasteiger partial charge in [-0.1, -0.05) is 26.0 Å². The Balaban J connectivity index is 2.03. The van der Waals surface area contributed by atoms with E-state index in [0.29, 0.717) is 17.2 Å². The summed E-state index contributed by atoms with van der Waals surface area (Å²) in [5.74, 6) is 2.11. The summed E-state index contributed by atoms with van der Waals surface area (Å²) >= 11 is 0. The molecule has 6 heteroatoms. The number of nitrogens with zero attached hydrogens (tertiary/aromatic N) is 2. The normalized spacial score (nSPS) is 13.0. The Hall–Kier alpha value is -2.91. The minimum Gasteiger partial charge on any atom is -0.504 e. The Kier molecular flexibility index (Phi) is 9.22. The first-order valence-electron chi connectivity index (χ1n) is 11.0. The smallest absolute Gasteiger partial charge is 0.161 e. The Labute approximate surface area is 192 Å². The molecule has 0 fully saturated rings. The first kappa shape index (κ1) is 25.4. The third kappa shape index (κ3) is 5.86. The molecule has 0 amide bonds. The molecule has 0 heterocycles. The third-order valence-electron chi connectivity index (χ3n) is 6.22. The maximum atomic E-state index is 10.2. The highest BCUT2D eigenvalue weighted by Crippen LogP contribution is 2.40. The van der Waals surface area contributed by atoms with Gasteiger partial charge in [-0.25, -0.2) is 0 Å². The number of nitriles is 1. The van der Waals surface area contributed by atoms with E-state index in [-0.39, 0.29) is 11.7 Å². The molecule has 0 spiro atoms. The van der Waals surface area contributed by atoms with Crippen molar-refractivity contribution in [1.29, 1.82) is 5.26 Å². The topological polar surface area (TPSA) is 75.0 Å². The molecule has 0 saturated heterocycles. The summed E-state index contributed by atoms with van der Waals surface area (Å²) in [6, 6.07) is 13.9. The van der Waals surface area contributed by atoms with Crippen LogP contribution in [0, 0.1) is 17.2 Å². The summed E-state index contributed by atoms with van der Waals surface area (Å²) in [4.78, 5) is 2.27. The van der Waals surface area contributed by atoms with Crippen LogP contribution in [0.2, 0.25) is 0 Å². The first-order valence-corrected chi connectivity index (χ1v) is 11.0. The van der Waals surface area contributed by atoms with Crippen molar-refractivity contribution in [2.75, 3.05) is 41.5 Å². The van der Waals surface area contributed by atoms with Crippen molar-refractivity contribution in [2.24, 2.45) is 5.92 Å². The van der Waals surface area contributed by atoms with E-state index in [1.165, 1.54) is 0 Å². The van der Waals surface area contributed by atoms with Gasteiger partial charge in [0.25, 0.3) is 0 Å². The van der Waals surface area contributed by atoms with Crippen molar-refractivity contribution < 1.29 is 19.3 Å². The number of rotatable bonds is 12. The van der Waals surface area contributed by atoms with Gasteiger partial charge >= 0.3 is 0 Å². The molecule has 2 rings (SSSR count). The van der Waals surface area contributed by atoms with Gasteiger partial charge in [-0.2, -0.15) is 5.26 Å². The van der Waals surface area contributed by atoms with Crippen LogP contribution in [0.3, 0.4) is 0 Å². The lowest BCUT2D eigenvalue weighted by atomic mass is 9.69. The fourth-order valence-electron chi connectivity index (χ4n) is 4.07. The molecular formula is C26H36N2O4. The highest BCUT2D eigenvalue weighted by molar-refractivity contribution is 5.47. The first-order chi connectivity index (χ1) is 15.3. The van der Waals surface area contributed by atoms with Gasteiger partial charge in [-0.3, -0.25) is 0 Å². The summed E-state index contributed by atoms with van der Waals surface area (Å²) in [5.41, 5.74) is 1.49. The molecule has 6 nitrogen and oxygen atoms in total. The minimum absolute atomic E-state index is 0.153. The summed E-state index contributed by atoms with van der Waals surface area (Å²) < 4.78 is 16.0. The van der Waals surface area contributed by atoms with Crippen molar-refractivity contribution in [1.82, 2.24) is 4.90 Å². The van der Waals surface area contributed by atoms with Crippen LogP contribution in [0.25, 0.3) is 0 Å². The van der Waals surface area contributed by atoms with E-state index < -0.39 is 5.41 Å². The molecule has 0 bridgehead atoms. The highest BCUT2D eigenvalue weighted by Gasteiger charge is 2.36. The molecule has 0 aliphatic rings. The van der Waals surface area contributed by atoms with Crippen LogP contribution in [0.1, 0.15) is 37.8 Å². The zero-order chi connectivity index (χ0) is 23.7. The van der Waals surface area contributed by atoms with E-state index in [1.807, 2.05) is 30.3 Å². The highest BCUT2D eigenvalue weighted by atomic mass is 16.5. The fourth-order valence-corrected chi connectivity index (χ4v) is 4.07. The standard InChI is InChI=1S/C26H36N2O4/c1-19(2)26(18-27,21-9-11-23(30-4)25(17-21)32-6)13-7-14-28(3)15-12-20-8-10-22(29)24(16-20)31-5/h8-11,16-17,19,29H,7,12-15H2,1-6H3/t26-/m0/s1. The number of benzene rings is 2. The molecular weight excluding hydrogens is 404 g/mol. The van der Waals surface area contributed by atoms with Crippen molar-refractivity contribution in [3.8, 4) is 29.1 Å². The van der Waals surface area contributed by atoms with Crippen LogP contribution in [-0.4, -0.2) is 51.5 Å². The number of hydrogen-bond acceptors (Lipinski definition) is 6. The van der Waals surface area contributed by atoms with Gasteiger partial charge in [0.2, 0.25) is 0 Å². The SMILES string of the molecule is COc1cc(CCN(C)CCC[C@@](C#N)(c2ccc(OC)c(OC)c2)C(C)C)ccc1O. The third-order valence-corrected chi connectivity index (χ3v) is 6.22. The molecule has 0 aliphatic carbocycles. The quantitative estimate of drug-likeness (QED) is 0.511. The Morgan fingerprint density at radius 1 is 0.969 bits per heavy atom. The number of phenols is 1. The predicted octanol–water partition coefficient (Wildman–Crippen LogP) is 4.79. The second-order valence-electron chi connectivity index (χ2n) is 8.47. The number of phenolic OH excluding ortho intramolecular Hbond substituents is 1. The van der Waals surface area contributed by atoms with E-state index in [2.05, 4.69) is 31.9 Å². The zero-order valence-corrected chi connectivity index (χ0v) is 20.1. The Morgan fingerprint density at radius 2 is 1.66 bits per heavy atom. The van der Waals surface area contributed by atoms with Gasteiger partial charge in [0.15, 0.2) is 23.0 Å². The second-order valence-corrected chi connectivity index (χ2v) is 8.47. The van der Waals surface area contributed by atoms with E-state index in [9.17, 15) is 10.4 Å². The van der Waals surface area contributed by atoms with Gasteiger partial charge in [0.1, 0.15) is 0 Å². The molecule has 2 aromatic carbocycles. The Morgan fingerprint density at radius 3 is 2.25 bits per heavy atom. The lowest BCUT2D eigenvalue weighted by Crippen LogP contribution is -2.32. The summed E-state index contributed by atoms with van der Waals surface area (Å²) in [6.07, 6.45) is 2.51. The van der Waals surface area contributed by atoms with Gasteiger partial charge in [-0.15, -0.1) is 0 Å². The number of likely N-dealkylation sites (N-methyl/N-ethyl adjacent to an activating group) is 1. The molecule has 0 aromatic heterocycles. The summed E-state index contributed by atoms with van der Waals surface area (Å²) in [7, 11) is 6.88. The van der Waals surface area contributed by atoms with Gasteiger partial charge in [-0.05, 0) is 74.2 Å². The molecule has 32 heavy (non-hydrogen) atoms. The van der Waals surface area contributed by atoms with Crippen LogP contribution in [0.5, 0.6) is 23.0 Å². The molecule has 0 saturated carbocycles. The van der Waals surface area contributed by atoms with Gasteiger partial charge in [0.05, 0.1) is 32.8 Å². The molecule has 1 N–H and O–H groups in total. The maximum absolute atomic E-state index is 10.2.